The first-order chi connectivity index (χ1) is 10.2. The highest BCUT2D eigenvalue weighted by Gasteiger charge is 1.97. The molecule has 0 spiro atoms. The highest BCUT2D eigenvalue weighted by molar-refractivity contribution is 5.69. The van der Waals surface area contributed by atoms with Gasteiger partial charge in [0.15, 0.2) is 0 Å². The topological polar surface area (TPSA) is 48.0 Å². The lowest BCUT2D eigenvalue weighted by Crippen LogP contribution is -2.19. The second kappa shape index (κ2) is 7.55. The second-order valence-corrected chi connectivity index (χ2v) is 4.87. The zero-order chi connectivity index (χ0) is 15.1. The van der Waals surface area contributed by atoms with Crippen molar-refractivity contribution in [2.45, 2.75) is 19.4 Å². The van der Waals surface area contributed by atoms with Gasteiger partial charge in [-0.15, -0.1) is 0 Å². The van der Waals surface area contributed by atoms with Crippen molar-refractivity contribution in [3.63, 3.8) is 0 Å². The Bertz CT molecular complexity index is 659. The standard InChI is InChI=1S/C17H19FN2O/c18-16-7-5-14(6-8-16)3-4-15-9-12-20(17(21)13-15)11-2-1-10-19/h3-9,12-13H,1-2,10-11,19H2/b4-3+. The number of rotatable bonds is 6. The van der Waals surface area contributed by atoms with E-state index >= 15 is 0 Å². The van der Waals surface area contributed by atoms with E-state index < -0.39 is 0 Å². The van der Waals surface area contributed by atoms with E-state index in [2.05, 4.69) is 0 Å². The van der Waals surface area contributed by atoms with E-state index in [4.69, 9.17) is 5.73 Å². The van der Waals surface area contributed by atoms with Crippen molar-refractivity contribution in [3.05, 3.63) is 69.9 Å². The summed E-state index contributed by atoms with van der Waals surface area (Å²) >= 11 is 0. The van der Waals surface area contributed by atoms with Gasteiger partial charge in [0, 0.05) is 18.8 Å². The minimum Gasteiger partial charge on any atom is -0.330 e. The van der Waals surface area contributed by atoms with Crippen molar-refractivity contribution in [1.82, 2.24) is 4.57 Å². The number of pyridine rings is 1. The van der Waals surface area contributed by atoms with E-state index in [0.29, 0.717) is 13.1 Å². The average Bonchev–Trinajstić information content (AvgIpc) is 2.49. The van der Waals surface area contributed by atoms with Crippen molar-refractivity contribution >= 4 is 12.2 Å². The molecule has 2 aromatic rings. The number of nitrogens with zero attached hydrogens (tertiary/aromatic N) is 1. The maximum atomic E-state index is 12.8. The molecule has 0 saturated heterocycles. The Labute approximate surface area is 123 Å². The van der Waals surface area contributed by atoms with Crippen molar-refractivity contribution < 1.29 is 4.39 Å². The fourth-order valence-corrected chi connectivity index (χ4v) is 2.00. The maximum Gasteiger partial charge on any atom is 0.251 e. The van der Waals surface area contributed by atoms with Crippen molar-refractivity contribution in [2.24, 2.45) is 5.73 Å². The molecular formula is C17H19FN2O. The molecule has 0 saturated carbocycles. The molecule has 0 unspecified atom stereocenters. The van der Waals surface area contributed by atoms with Crippen LogP contribution in [0.15, 0.2) is 47.4 Å². The maximum absolute atomic E-state index is 12.8. The molecular weight excluding hydrogens is 267 g/mol. The minimum absolute atomic E-state index is 0.0201. The summed E-state index contributed by atoms with van der Waals surface area (Å²) in [5, 5.41) is 0. The van der Waals surface area contributed by atoms with Gasteiger partial charge in [-0.3, -0.25) is 4.79 Å². The molecule has 3 nitrogen and oxygen atoms in total. The van der Waals surface area contributed by atoms with Crippen LogP contribution in [0.1, 0.15) is 24.0 Å². The third-order valence-electron chi connectivity index (χ3n) is 3.21. The Balaban J connectivity index is 2.06. The van der Waals surface area contributed by atoms with Crippen LogP contribution >= 0.6 is 0 Å². The quantitative estimate of drug-likeness (QED) is 0.830. The summed E-state index contributed by atoms with van der Waals surface area (Å²) in [4.78, 5) is 11.9. The monoisotopic (exact) mass is 286 g/mol. The highest BCUT2D eigenvalue weighted by Crippen LogP contribution is 2.08. The van der Waals surface area contributed by atoms with E-state index in [1.165, 1.54) is 12.1 Å². The van der Waals surface area contributed by atoms with Crippen LogP contribution in [0.2, 0.25) is 0 Å². The molecule has 0 aliphatic carbocycles. The zero-order valence-electron chi connectivity index (χ0n) is 11.8. The summed E-state index contributed by atoms with van der Waals surface area (Å²) in [6, 6.07) is 9.70. The number of aryl methyl sites for hydroxylation is 1. The summed E-state index contributed by atoms with van der Waals surface area (Å²) in [6.07, 6.45) is 7.31. The number of hydrogen-bond donors (Lipinski definition) is 1. The van der Waals surface area contributed by atoms with Gasteiger partial charge in [0.1, 0.15) is 5.82 Å². The molecule has 1 aromatic carbocycles. The second-order valence-electron chi connectivity index (χ2n) is 4.87. The molecule has 2 N–H and O–H groups in total. The molecule has 110 valence electrons. The number of hydrogen-bond acceptors (Lipinski definition) is 2. The van der Waals surface area contributed by atoms with Crippen LogP contribution in [-0.2, 0) is 6.54 Å². The molecule has 1 heterocycles. The van der Waals surface area contributed by atoms with Gasteiger partial charge in [0.2, 0.25) is 0 Å². The van der Waals surface area contributed by atoms with Gasteiger partial charge in [-0.05, 0) is 48.7 Å². The van der Waals surface area contributed by atoms with Gasteiger partial charge < -0.3 is 10.3 Å². The molecule has 0 aliphatic rings. The Morgan fingerprint density at radius 2 is 1.76 bits per heavy atom. The van der Waals surface area contributed by atoms with Gasteiger partial charge in [-0.25, -0.2) is 4.39 Å². The first-order valence-electron chi connectivity index (χ1n) is 7.03. The van der Waals surface area contributed by atoms with Gasteiger partial charge in [0.25, 0.3) is 5.56 Å². The summed E-state index contributed by atoms with van der Waals surface area (Å²) in [5.41, 5.74) is 7.14. The highest BCUT2D eigenvalue weighted by atomic mass is 19.1. The van der Waals surface area contributed by atoms with Crippen LogP contribution in [0.4, 0.5) is 4.39 Å². The lowest BCUT2D eigenvalue weighted by Gasteiger charge is -2.05. The zero-order valence-corrected chi connectivity index (χ0v) is 11.8. The van der Waals surface area contributed by atoms with E-state index in [9.17, 15) is 9.18 Å². The van der Waals surface area contributed by atoms with Crippen LogP contribution in [0.25, 0.3) is 12.2 Å². The predicted octanol–water partition coefficient (Wildman–Crippen LogP) is 2.90. The van der Waals surface area contributed by atoms with Crippen LogP contribution < -0.4 is 11.3 Å². The smallest absolute Gasteiger partial charge is 0.251 e. The van der Waals surface area contributed by atoms with Crippen molar-refractivity contribution in [2.75, 3.05) is 6.54 Å². The largest absolute Gasteiger partial charge is 0.330 e. The average molecular weight is 286 g/mol. The normalized spacial score (nSPS) is 11.1. The van der Waals surface area contributed by atoms with Crippen LogP contribution in [0.5, 0.6) is 0 Å². The number of aromatic nitrogens is 1. The lowest BCUT2D eigenvalue weighted by atomic mass is 10.1. The summed E-state index contributed by atoms with van der Waals surface area (Å²) in [6.45, 7) is 1.34. The fourth-order valence-electron chi connectivity index (χ4n) is 2.00. The van der Waals surface area contributed by atoms with Gasteiger partial charge in [0.05, 0.1) is 0 Å². The van der Waals surface area contributed by atoms with Gasteiger partial charge in [-0.1, -0.05) is 24.3 Å². The molecule has 0 aliphatic heterocycles. The van der Waals surface area contributed by atoms with Crippen molar-refractivity contribution in [3.8, 4) is 0 Å². The molecule has 21 heavy (non-hydrogen) atoms. The van der Waals surface area contributed by atoms with E-state index in [-0.39, 0.29) is 11.4 Å². The predicted molar refractivity (Wildman–Crippen MR) is 84.3 cm³/mol. The molecule has 0 amide bonds. The first-order valence-corrected chi connectivity index (χ1v) is 7.03. The summed E-state index contributed by atoms with van der Waals surface area (Å²) in [7, 11) is 0. The Morgan fingerprint density at radius 3 is 2.43 bits per heavy atom. The van der Waals surface area contributed by atoms with Crippen LogP contribution in [-0.4, -0.2) is 11.1 Å². The van der Waals surface area contributed by atoms with Gasteiger partial charge >= 0.3 is 0 Å². The molecule has 4 heteroatoms. The Morgan fingerprint density at radius 1 is 1.05 bits per heavy atom. The third kappa shape index (κ3) is 4.68. The molecule has 0 fully saturated rings. The van der Waals surface area contributed by atoms with Crippen LogP contribution in [0.3, 0.4) is 0 Å². The number of halogens is 1. The van der Waals surface area contributed by atoms with E-state index in [0.717, 1.165) is 24.0 Å². The summed E-state index contributed by atoms with van der Waals surface area (Å²) < 4.78 is 14.5. The van der Waals surface area contributed by atoms with E-state index in [1.807, 2.05) is 18.2 Å². The van der Waals surface area contributed by atoms with Crippen LogP contribution in [0, 0.1) is 5.82 Å². The minimum atomic E-state index is -0.257. The van der Waals surface area contributed by atoms with Gasteiger partial charge in [-0.2, -0.15) is 0 Å². The number of unbranched alkanes of at least 4 members (excludes halogenated alkanes) is 1. The lowest BCUT2D eigenvalue weighted by molar-refractivity contribution is 0.598. The Kier molecular flexibility index (Phi) is 5.46. The number of nitrogens with two attached hydrogens (primary N) is 1. The molecule has 0 atom stereocenters. The van der Waals surface area contributed by atoms with Crippen molar-refractivity contribution in [1.29, 1.82) is 0 Å². The first kappa shape index (κ1) is 15.2. The fraction of sp³-hybridized carbons (Fsp3) is 0.235. The third-order valence-corrected chi connectivity index (χ3v) is 3.21. The molecule has 2 rings (SSSR count). The summed E-state index contributed by atoms with van der Waals surface area (Å²) in [5.74, 6) is -0.257. The molecule has 0 bridgehead atoms. The number of benzene rings is 1. The Hall–Kier alpha value is -2.20. The van der Waals surface area contributed by atoms with E-state index in [1.54, 1.807) is 29.0 Å². The molecule has 1 aromatic heterocycles. The SMILES string of the molecule is NCCCCn1ccc(/C=C/c2ccc(F)cc2)cc1=O. The molecule has 0 radical (unpaired) electrons.